The molecule has 2 N–H and O–H groups in total. The normalized spacial score (nSPS) is 23.7. The van der Waals surface area contributed by atoms with Crippen molar-refractivity contribution < 1.29 is 19.1 Å². The molecule has 3 rings (SSSR count). The zero-order valence-corrected chi connectivity index (χ0v) is 12.2. The number of carbonyl (C=O) groups excluding carboxylic acids is 1. The van der Waals surface area contributed by atoms with Crippen molar-refractivity contribution in [1.82, 2.24) is 10.2 Å². The van der Waals surface area contributed by atoms with Crippen LogP contribution in [0, 0.1) is 11.7 Å². The molecular formula is C16H19FN2O3. The van der Waals surface area contributed by atoms with Gasteiger partial charge in [-0.15, -0.1) is 0 Å². The Balaban J connectivity index is 1.84. The largest absolute Gasteiger partial charge is 0.481 e. The lowest BCUT2D eigenvalue weighted by Crippen LogP contribution is -2.43. The molecule has 0 bridgehead atoms. The van der Waals surface area contributed by atoms with Crippen molar-refractivity contribution in [1.29, 1.82) is 0 Å². The molecule has 6 heteroatoms. The van der Waals surface area contributed by atoms with Crippen LogP contribution in [0.25, 0.3) is 0 Å². The second-order valence-electron chi connectivity index (χ2n) is 6.05. The average molecular weight is 306 g/mol. The van der Waals surface area contributed by atoms with Gasteiger partial charge >= 0.3 is 5.97 Å². The highest BCUT2D eigenvalue weighted by Crippen LogP contribution is 2.50. The van der Waals surface area contributed by atoms with E-state index < -0.39 is 17.3 Å². The number of amides is 1. The van der Waals surface area contributed by atoms with Gasteiger partial charge in [0.2, 0.25) is 5.91 Å². The Morgan fingerprint density at radius 3 is 2.68 bits per heavy atom. The molecule has 5 nitrogen and oxygen atoms in total. The van der Waals surface area contributed by atoms with Crippen molar-refractivity contribution in [2.45, 2.75) is 18.3 Å². The van der Waals surface area contributed by atoms with Crippen molar-refractivity contribution in [3.05, 3.63) is 35.6 Å². The summed E-state index contributed by atoms with van der Waals surface area (Å²) in [5, 5.41) is 12.2. The second-order valence-corrected chi connectivity index (χ2v) is 6.05. The van der Waals surface area contributed by atoms with Crippen LogP contribution in [0.2, 0.25) is 0 Å². The maximum Gasteiger partial charge on any atom is 0.309 e. The molecule has 0 aromatic heterocycles. The number of hydrogen-bond acceptors (Lipinski definition) is 3. The van der Waals surface area contributed by atoms with Crippen LogP contribution in [0.4, 0.5) is 4.39 Å². The van der Waals surface area contributed by atoms with Crippen LogP contribution in [0.3, 0.4) is 0 Å². The summed E-state index contributed by atoms with van der Waals surface area (Å²) in [5.74, 6) is -2.05. The van der Waals surface area contributed by atoms with E-state index in [0.29, 0.717) is 38.0 Å². The number of halogens is 1. The molecule has 1 aliphatic carbocycles. The van der Waals surface area contributed by atoms with Crippen LogP contribution in [0.1, 0.15) is 18.4 Å². The summed E-state index contributed by atoms with van der Waals surface area (Å²) in [6, 6.07) is 6.36. The summed E-state index contributed by atoms with van der Waals surface area (Å²) in [5.41, 5.74) is -0.359. The fourth-order valence-corrected chi connectivity index (χ4v) is 3.14. The first-order valence-corrected chi connectivity index (χ1v) is 7.52. The van der Waals surface area contributed by atoms with Crippen LogP contribution in [0.5, 0.6) is 0 Å². The Bertz CT molecular complexity index is 601. The lowest BCUT2D eigenvalue weighted by atomic mass is 9.93. The van der Waals surface area contributed by atoms with Gasteiger partial charge in [0.15, 0.2) is 0 Å². The summed E-state index contributed by atoms with van der Waals surface area (Å²) < 4.78 is 14.1. The number of carboxylic acids is 1. The molecule has 1 heterocycles. The molecule has 1 amide bonds. The third-order valence-corrected chi connectivity index (χ3v) is 4.58. The van der Waals surface area contributed by atoms with Gasteiger partial charge in [0, 0.05) is 31.7 Å². The van der Waals surface area contributed by atoms with Gasteiger partial charge in [0.05, 0.1) is 11.3 Å². The highest BCUT2D eigenvalue weighted by Gasteiger charge is 2.54. The average Bonchev–Trinajstić information content (AvgIpc) is 3.31. The molecule has 2 aliphatic rings. The van der Waals surface area contributed by atoms with Gasteiger partial charge in [0.1, 0.15) is 5.82 Å². The minimum absolute atomic E-state index is 0.146. The topological polar surface area (TPSA) is 69.6 Å². The van der Waals surface area contributed by atoms with Crippen molar-refractivity contribution in [3.63, 3.8) is 0 Å². The lowest BCUT2D eigenvalue weighted by Gasteiger charge is -2.27. The quantitative estimate of drug-likeness (QED) is 0.874. The highest BCUT2D eigenvalue weighted by atomic mass is 19.1. The Morgan fingerprint density at radius 1 is 1.32 bits per heavy atom. The molecule has 1 saturated carbocycles. The molecule has 1 aromatic rings. The van der Waals surface area contributed by atoms with E-state index in [-0.39, 0.29) is 18.3 Å². The first-order chi connectivity index (χ1) is 10.5. The van der Waals surface area contributed by atoms with Crippen molar-refractivity contribution in [2.24, 2.45) is 5.92 Å². The van der Waals surface area contributed by atoms with E-state index in [1.165, 1.54) is 6.07 Å². The summed E-state index contributed by atoms with van der Waals surface area (Å²) >= 11 is 0. The zero-order valence-electron chi connectivity index (χ0n) is 12.2. The van der Waals surface area contributed by atoms with Crippen LogP contribution in [-0.2, 0) is 15.0 Å². The van der Waals surface area contributed by atoms with E-state index >= 15 is 0 Å². The number of hydrogen-bond donors (Lipinski definition) is 2. The third kappa shape index (κ3) is 2.59. The third-order valence-electron chi connectivity index (χ3n) is 4.58. The molecular weight excluding hydrogens is 287 g/mol. The Morgan fingerprint density at radius 2 is 2.05 bits per heavy atom. The Hall–Kier alpha value is -1.95. The van der Waals surface area contributed by atoms with Crippen molar-refractivity contribution >= 4 is 11.9 Å². The fourth-order valence-electron chi connectivity index (χ4n) is 3.14. The molecule has 1 saturated heterocycles. The smallest absolute Gasteiger partial charge is 0.309 e. The van der Waals surface area contributed by atoms with Crippen LogP contribution in [0.15, 0.2) is 24.3 Å². The summed E-state index contributed by atoms with van der Waals surface area (Å²) in [6.07, 6.45) is 1.24. The van der Waals surface area contributed by atoms with E-state index in [2.05, 4.69) is 5.32 Å². The van der Waals surface area contributed by atoms with Gasteiger partial charge in [-0.25, -0.2) is 4.39 Å². The first-order valence-electron chi connectivity index (χ1n) is 7.52. The van der Waals surface area contributed by atoms with E-state index in [9.17, 15) is 19.1 Å². The minimum Gasteiger partial charge on any atom is -0.481 e. The van der Waals surface area contributed by atoms with E-state index in [0.717, 1.165) is 0 Å². The highest BCUT2D eigenvalue weighted by molar-refractivity contribution is 5.91. The van der Waals surface area contributed by atoms with Gasteiger partial charge < -0.3 is 15.3 Å². The van der Waals surface area contributed by atoms with Gasteiger partial charge in [-0.2, -0.15) is 0 Å². The molecule has 22 heavy (non-hydrogen) atoms. The van der Waals surface area contributed by atoms with Crippen LogP contribution < -0.4 is 5.32 Å². The zero-order chi connectivity index (χ0) is 15.7. The second kappa shape index (κ2) is 5.68. The van der Waals surface area contributed by atoms with Crippen molar-refractivity contribution in [2.75, 3.05) is 26.2 Å². The van der Waals surface area contributed by atoms with Crippen LogP contribution >= 0.6 is 0 Å². The summed E-state index contributed by atoms with van der Waals surface area (Å²) in [6.45, 7) is 1.55. The Kier molecular flexibility index (Phi) is 3.87. The summed E-state index contributed by atoms with van der Waals surface area (Å²) in [7, 11) is 0. The molecule has 1 aromatic carbocycles. The number of benzene rings is 1. The number of rotatable bonds is 3. The van der Waals surface area contributed by atoms with Gasteiger partial charge in [-0.1, -0.05) is 18.2 Å². The molecule has 2 fully saturated rings. The predicted molar refractivity (Wildman–Crippen MR) is 77.9 cm³/mol. The first kappa shape index (κ1) is 15.0. The maximum absolute atomic E-state index is 14.1. The van der Waals surface area contributed by atoms with E-state index in [1.54, 1.807) is 23.1 Å². The van der Waals surface area contributed by atoms with Crippen molar-refractivity contribution in [3.8, 4) is 0 Å². The van der Waals surface area contributed by atoms with Gasteiger partial charge in [-0.05, 0) is 18.9 Å². The number of nitrogens with zero attached hydrogens (tertiary/aromatic N) is 1. The summed E-state index contributed by atoms with van der Waals surface area (Å²) in [4.78, 5) is 25.7. The number of nitrogens with one attached hydrogen (secondary N) is 1. The van der Waals surface area contributed by atoms with Crippen LogP contribution in [-0.4, -0.2) is 48.1 Å². The van der Waals surface area contributed by atoms with Gasteiger partial charge in [0.25, 0.3) is 0 Å². The Labute approximate surface area is 128 Å². The molecule has 1 aliphatic heterocycles. The van der Waals surface area contributed by atoms with E-state index in [4.69, 9.17) is 0 Å². The number of aliphatic carboxylic acids is 1. The molecule has 118 valence electrons. The van der Waals surface area contributed by atoms with E-state index in [1.807, 2.05) is 0 Å². The fraction of sp³-hybridized carbons (Fsp3) is 0.500. The minimum atomic E-state index is -0.914. The number of carbonyl (C=O) groups is 2. The molecule has 1 atom stereocenters. The maximum atomic E-state index is 14.1. The lowest BCUT2D eigenvalue weighted by molar-refractivity contribution is -0.143. The predicted octanol–water partition coefficient (Wildman–Crippen LogP) is 0.990. The molecule has 0 spiro atoms. The molecule has 0 radical (unpaired) electrons. The standard InChI is InChI=1S/C16H19FN2O3/c17-13-4-2-1-3-12(13)16(5-6-16)15(22)19-8-7-18-9-11(10-19)14(20)21/h1-4,11,18H,5-10H2,(H,20,21)/t11-/m0/s1. The molecule has 0 unspecified atom stereocenters. The van der Waals surface area contributed by atoms with Gasteiger partial charge in [-0.3, -0.25) is 9.59 Å². The SMILES string of the molecule is O=C(O)[C@H]1CNCCN(C(=O)C2(c3ccccc3F)CC2)C1. The number of carboxylic acid groups (broad SMARTS) is 1. The monoisotopic (exact) mass is 306 g/mol.